The summed E-state index contributed by atoms with van der Waals surface area (Å²) < 4.78 is 7.05. The lowest BCUT2D eigenvalue weighted by molar-refractivity contribution is 0.195. The molecule has 0 aromatic rings. The normalized spacial score (nSPS) is 14.2. The smallest absolute Gasteiger partial charge is 0.182 e. The summed E-state index contributed by atoms with van der Waals surface area (Å²) in [6, 6.07) is 0.715. The van der Waals surface area contributed by atoms with E-state index in [0.717, 1.165) is 19.6 Å². The molecule has 0 spiro atoms. The highest BCUT2D eigenvalue weighted by Gasteiger charge is 2.21. The monoisotopic (exact) mass is 236 g/mol. The lowest BCUT2D eigenvalue weighted by Crippen LogP contribution is -2.36. The van der Waals surface area contributed by atoms with Crippen LogP contribution in [0.2, 0.25) is 0 Å². The standard InChI is InChI=1S/C10H25N2O2P/c1-9(2)12(10(3)4)15(13)11-7-6-8-14-5/h9-11,13H,6-8H2,1-5H3. The highest BCUT2D eigenvalue weighted by Crippen LogP contribution is 2.34. The predicted octanol–water partition coefficient (Wildman–Crippen LogP) is 1.95. The van der Waals surface area contributed by atoms with Crippen molar-refractivity contribution < 1.29 is 9.63 Å². The first kappa shape index (κ1) is 15.3. The lowest BCUT2D eigenvalue weighted by Gasteiger charge is -2.34. The maximum Gasteiger partial charge on any atom is 0.182 e. The average Bonchev–Trinajstić information content (AvgIpc) is 2.11. The Hall–Kier alpha value is 0.270. The number of nitrogens with zero attached hydrogens (tertiary/aromatic N) is 1. The number of hydrogen-bond donors (Lipinski definition) is 2. The second kappa shape index (κ2) is 8.43. The summed E-state index contributed by atoms with van der Waals surface area (Å²) in [4.78, 5) is 9.99. The van der Waals surface area contributed by atoms with E-state index in [9.17, 15) is 4.89 Å². The van der Waals surface area contributed by atoms with Crippen molar-refractivity contribution in [1.82, 2.24) is 9.76 Å². The van der Waals surface area contributed by atoms with Crippen LogP contribution in [0.25, 0.3) is 0 Å². The Morgan fingerprint density at radius 2 is 1.80 bits per heavy atom. The van der Waals surface area contributed by atoms with Crippen molar-refractivity contribution in [3.63, 3.8) is 0 Å². The van der Waals surface area contributed by atoms with Crippen molar-refractivity contribution in [3.8, 4) is 0 Å². The SMILES string of the molecule is COCCCNP(O)N(C(C)C)C(C)C. The van der Waals surface area contributed by atoms with Gasteiger partial charge >= 0.3 is 0 Å². The van der Waals surface area contributed by atoms with E-state index in [0.29, 0.717) is 12.1 Å². The van der Waals surface area contributed by atoms with Gasteiger partial charge in [0.05, 0.1) is 0 Å². The van der Waals surface area contributed by atoms with Gasteiger partial charge in [-0.25, -0.2) is 4.67 Å². The maximum atomic E-state index is 9.99. The van der Waals surface area contributed by atoms with E-state index >= 15 is 0 Å². The van der Waals surface area contributed by atoms with E-state index in [1.54, 1.807) is 7.11 Å². The zero-order valence-corrected chi connectivity index (χ0v) is 11.4. The molecule has 0 aliphatic carbocycles. The first-order chi connectivity index (χ1) is 7.00. The van der Waals surface area contributed by atoms with Crippen LogP contribution in [-0.2, 0) is 4.74 Å². The minimum absolute atomic E-state index is 0.357. The largest absolute Gasteiger partial charge is 0.385 e. The Balaban J connectivity index is 3.87. The van der Waals surface area contributed by atoms with Crippen molar-refractivity contribution in [1.29, 1.82) is 0 Å². The minimum Gasteiger partial charge on any atom is -0.385 e. The van der Waals surface area contributed by atoms with Gasteiger partial charge in [0.15, 0.2) is 8.45 Å². The van der Waals surface area contributed by atoms with Crippen molar-refractivity contribution in [3.05, 3.63) is 0 Å². The first-order valence-electron chi connectivity index (χ1n) is 5.50. The van der Waals surface area contributed by atoms with Gasteiger partial charge in [-0.05, 0) is 34.1 Å². The second-order valence-corrected chi connectivity index (χ2v) is 5.47. The van der Waals surface area contributed by atoms with Crippen LogP contribution < -0.4 is 5.09 Å². The van der Waals surface area contributed by atoms with E-state index < -0.39 is 8.45 Å². The Kier molecular flexibility index (Phi) is 8.58. The van der Waals surface area contributed by atoms with Gasteiger partial charge < -0.3 is 9.63 Å². The molecule has 0 aromatic heterocycles. The number of rotatable bonds is 8. The third-order valence-corrected chi connectivity index (χ3v) is 3.92. The number of methoxy groups -OCH3 is 1. The number of nitrogens with one attached hydrogen (secondary N) is 1. The molecular formula is C10H25N2O2P. The molecule has 92 valence electrons. The second-order valence-electron chi connectivity index (χ2n) is 4.11. The van der Waals surface area contributed by atoms with Crippen molar-refractivity contribution in [2.24, 2.45) is 0 Å². The van der Waals surface area contributed by atoms with Crippen LogP contribution in [0.1, 0.15) is 34.1 Å². The first-order valence-corrected chi connectivity index (χ1v) is 6.75. The van der Waals surface area contributed by atoms with Gasteiger partial charge in [-0.1, -0.05) is 0 Å². The van der Waals surface area contributed by atoms with E-state index in [-0.39, 0.29) is 0 Å². The van der Waals surface area contributed by atoms with Crippen LogP contribution in [0.15, 0.2) is 0 Å². The fraction of sp³-hybridized carbons (Fsp3) is 1.00. The summed E-state index contributed by atoms with van der Waals surface area (Å²) in [7, 11) is 0.479. The van der Waals surface area contributed by atoms with Crippen LogP contribution in [0.4, 0.5) is 0 Å². The molecule has 0 rings (SSSR count). The van der Waals surface area contributed by atoms with Crippen molar-refractivity contribution in [2.75, 3.05) is 20.3 Å². The van der Waals surface area contributed by atoms with Crippen LogP contribution in [0.5, 0.6) is 0 Å². The van der Waals surface area contributed by atoms with Crippen LogP contribution in [0, 0.1) is 0 Å². The molecule has 0 aliphatic heterocycles. The zero-order chi connectivity index (χ0) is 11.8. The van der Waals surface area contributed by atoms with Gasteiger partial charge in [0, 0.05) is 32.3 Å². The predicted molar refractivity (Wildman–Crippen MR) is 65.7 cm³/mol. The molecule has 2 N–H and O–H groups in total. The van der Waals surface area contributed by atoms with E-state index in [4.69, 9.17) is 4.74 Å². The maximum absolute atomic E-state index is 9.99. The van der Waals surface area contributed by atoms with Gasteiger partial charge in [0.25, 0.3) is 0 Å². The Morgan fingerprint density at radius 1 is 1.27 bits per heavy atom. The highest BCUT2D eigenvalue weighted by molar-refractivity contribution is 7.46. The fourth-order valence-electron chi connectivity index (χ4n) is 1.51. The minimum atomic E-state index is -1.21. The molecule has 0 aliphatic rings. The topological polar surface area (TPSA) is 44.7 Å². The number of ether oxygens (including phenoxy) is 1. The van der Waals surface area contributed by atoms with Gasteiger partial charge in [0.1, 0.15) is 0 Å². The molecule has 0 fully saturated rings. The molecule has 1 atom stereocenters. The van der Waals surface area contributed by atoms with Gasteiger partial charge in [-0.2, -0.15) is 0 Å². The van der Waals surface area contributed by atoms with Crippen LogP contribution in [0.3, 0.4) is 0 Å². The summed E-state index contributed by atoms with van der Waals surface area (Å²) in [5.41, 5.74) is 0. The average molecular weight is 236 g/mol. The summed E-state index contributed by atoms with van der Waals surface area (Å²) in [6.45, 7) is 9.93. The Labute approximate surface area is 94.9 Å². The van der Waals surface area contributed by atoms with E-state index in [2.05, 4.69) is 37.5 Å². The molecule has 15 heavy (non-hydrogen) atoms. The van der Waals surface area contributed by atoms with E-state index in [1.807, 2.05) is 0 Å². The zero-order valence-electron chi connectivity index (χ0n) is 10.5. The van der Waals surface area contributed by atoms with Crippen LogP contribution >= 0.6 is 8.45 Å². The van der Waals surface area contributed by atoms with Crippen LogP contribution in [-0.4, -0.2) is 41.9 Å². The molecule has 1 unspecified atom stereocenters. The highest BCUT2D eigenvalue weighted by atomic mass is 31.2. The molecule has 0 radical (unpaired) electrons. The van der Waals surface area contributed by atoms with Gasteiger partial charge in [-0.15, -0.1) is 0 Å². The summed E-state index contributed by atoms with van der Waals surface area (Å²) in [6.07, 6.45) is 0.930. The van der Waals surface area contributed by atoms with Crippen molar-refractivity contribution in [2.45, 2.75) is 46.2 Å². The third kappa shape index (κ3) is 6.44. The summed E-state index contributed by atoms with van der Waals surface area (Å²) in [5, 5.41) is 3.15. The summed E-state index contributed by atoms with van der Waals surface area (Å²) >= 11 is 0. The molecule has 0 aromatic carbocycles. The molecule has 0 bridgehead atoms. The lowest BCUT2D eigenvalue weighted by atomic mass is 10.3. The Morgan fingerprint density at radius 3 is 2.20 bits per heavy atom. The number of hydrogen-bond acceptors (Lipinski definition) is 4. The molecular weight excluding hydrogens is 211 g/mol. The molecule has 5 heteroatoms. The molecule has 0 amide bonds. The fourth-order valence-corrected chi connectivity index (χ4v) is 2.91. The molecule has 0 saturated heterocycles. The quantitative estimate of drug-likeness (QED) is 0.499. The molecule has 0 saturated carbocycles. The van der Waals surface area contributed by atoms with Gasteiger partial charge in [0.2, 0.25) is 0 Å². The third-order valence-electron chi connectivity index (χ3n) is 2.06. The molecule has 4 nitrogen and oxygen atoms in total. The van der Waals surface area contributed by atoms with Gasteiger partial charge in [-0.3, -0.25) is 5.09 Å². The van der Waals surface area contributed by atoms with E-state index in [1.165, 1.54) is 0 Å². The molecule has 0 heterocycles. The summed E-state index contributed by atoms with van der Waals surface area (Å²) in [5.74, 6) is 0. The Bertz CT molecular complexity index is 148. The van der Waals surface area contributed by atoms with Crippen molar-refractivity contribution >= 4 is 8.45 Å².